The molecule has 0 saturated heterocycles. The highest BCUT2D eigenvalue weighted by atomic mass is 32.1. The zero-order valence-electron chi connectivity index (χ0n) is 11.2. The Morgan fingerprint density at radius 1 is 1.47 bits per heavy atom. The molecule has 0 aliphatic carbocycles. The first-order valence-corrected chi connectivity index (χ1v) is 7.37. The van der Waals surface area contributed by atoms with E-state index in [2.05, 4.69) is 37.1 Å². The molecule has 0 bridgehead atoms. The van der Waals surface area contributed by atoms with E-state index >= 15 is 0 Å². The average Bonchev–Trinajstić information content (AvgIpc) is 2.71. The molecule has 17 heavy (non-hydrogen) atoms. The summed E-state index contributed by atoms with van der Waals surface area (Å²) in [6.07, 6.45) is 2.39. The molecule has 2 nitrogen and oxygen atoms in total. The summed E-state index contributed by atoms with van der Waals surface area (Å²) in [6.45, 7) is 9.94. The summed E-state index contributed by atoms with van der Waals surface area (Å²) < 4.78 is 0. The molecule has 2 N–H and O–H groups in total. The van der Waals surface area contributed by atoms with Crippen molar-refractivity contribution in [2.75, 3.05) is 13.1 Å². The van der Waals surface area contributed by atoms with Crippen molar-refractivity contribution in [1.82, 2.24) is 4.90 Å². The maximum absolute atomic E-state index is 5.97. The summed E-state index contributed by atoms with van der Waals surface area (Å²) >= 11 is 1.90. The van der Waals surface area contributed by atoms with Crippen LogP contribution in [0.15, 0.2) is 11.4 Å². The van der Waals surface area contributed by atoms with E-state index < -0.39 is 0 Å². The molecule has 1 aliphatic rings. The summed E-state index contributed by atoms with van der Waals surface area (Å²) in [5, 5.41) is 2.22. The zero-order valence-corrected chi connectivity index (χ0v) is 12.0. The second kappa shape index (κ2) is 5.09. The van der Waals surface area contributed by atoms with Gasteiger partial charge in [0, 0.05) is 30.6 Å². The van der Waals surface area contributed by atoms with Crippen LogP contribution in [0, 0.1) is 5.41 Å². The first-order valence-electron chi connectivity index (χ1n) is 6.49. The predicted molar refractivity (Wildman–Crippen MR) is 75.3 cm³/mol. The van der Waals surface area contributed by atoms with Crippen LogP contribution < -0.4 is 5.73 Å². The molecule has 2 rings (SSSR count). The van der Waals surface area contributed by atoms with Crippen LogP contribution in [0.2, 0.25) is 0 Å². The molecule has 0 spiro atoms. The summed E-state index contributed by atoms with van der Waals surface area (Å²) in [7, 11) is 0. The van der Waals surface area contributed by atoms with Crippen molar-refractivity contribution in [3.63, 3.8) is 0 Å². The lowest BCUT2D eigenvalue weighted by molar-refractivity contribution is 0.140. The van der Waals surface area contributed by atoms with Crippen LogP contribution in [-0.2, 0) is 13.0 Å². The Kier molecular flexibility index (Phi) is 3.91. The van der Waals surface area contributed by atoms with Crippen LogP contribution in [0.25, 0.3) is 0 Å². The van der Waals surface area contributed by atoms with Crippen LogP contribution in [0.4, 0.5) is 0 Å². The van der Waals surface area contributed by atoms with Gasteiger partial charge in [-0.2, -0.15) is 0 Å². The molecular weight excluding hydrogens is 228 g/mol. The lowest BCUT2D eigenvalue weighted by atomic mass is 9.87. The van der Waals surface area contributed by atoms with Crippen molar-refractivity contribution in [3.05, 3.63) is 21.9 Å². The predicted octanol–water partition coefficient (Wildman–Crippen LogP) is 2.87. The van der Waals surface area contributed by atoms with Crippen molar-refractivity contribution in [3.8, 4) is 0 Å². The lowest BCUT2D eigenvalue weighted by Gasteiger charge is -2.37. The van der Waals surface area contributed by atoms with E-state index in [0.29, 0.717) is 11.5 Å². The van der Waals surface area contributed by atoms with Gasteiger partial charge in [0.15, 0.2) is 0 Å². The number of thiophene rings is 1. The third-order valence-electron chi connectivity index (χ3n) is 3.47. The largest absolute Gasteiger partial charge is 0.329 e. The average molecular weight is 252 g/mol. The van der Waals surface area contributed by atoms with Gasteiger partial charge in [-0.3, -0.25) is 4.90 Å². The third-order valence-corrected chi connectivity index (χ3v) is 4.50. The van der Waals surface area contributed by atoms with E-state index in [1.165, 1.54) is 24.9 Å². The molecule has 0 fully saturated rings. The molecule has 96 valence electrons. The number of hydrogen-bond acceptors (Lipinski definition) is 3. The minimum absolute atomic E-state index is 0.360. The van der Waals surface area contributed by atoms with Gasteiger partial charge in [0.2, 0.25) is 0 Å². The quantitative estimate of drug-likeness (QED) is 0.896. The fourth-order valence-corrected chi connectivity index (χ4v) is 3.54. The minimum Gasteiger partial charge on any atom is -0.329 e. The van der Waals surface area contributed by atoms with E-state index in [9.17, 15) is 0 Å². The topological polar surface area (TPSA) is 29.3 Å². The molecule has 1 aliphatic heterocycles. The van der Waals surface area contributed by atoms with E-state index in [-0.39, 0.29) is 0 Å². The van der Waals surface area contributed by atoms with E-state index in [1.54, 1.807) is 4.88 Å². The number of hydrogen-bond donors (Lipinski definition) is 1. The van der Waals surface area contributed by atoms with E-state index in [4.69, 9.17) is 5.73 Å². The van der Waals surface area contributed by atoms with Gasteiger partial charge in [0.25, 0.3) is 0 Å². The molecule has 0 radical (unpaired) electrons. The SMILES string of the molecule is CC(C)(C)CC(CN)N1CCc2sccc2C1. The van der Waals surface area contributed by atoms with Crippen molar-refractivity contribution in [2.45, 2.75) is 46.2 Å². The Morgan fingerprint density at radius 2 is 2.24 bits per heavy atom. The molecule has 2 heterocycles. The van der Waals surface area contributed by atoms with Gasteiger partial charge in [-0.1, -0.05) is 20.8 Å². The maximum Gasteiger partial charge on any atom is 0.0248 e. The first-order chi connectivity index (χ1) is 7.99. The Bertz CT molecular complexity index is 365. The van der Waals surface area contributed by atoms with Gasteiger partial charge in [-0.05, 0) is 35.3 Å². The van der Waals surface area contributed by atoms with Gasteiger partial charge in [0.1, 0.15) is 0 Å². The molecule has 0 aromatic carbocycles. The summed E-state index contributed by atoms with van der Waals surface area (Å²) in [4.78, 5) is 4.15. The van der Waals surface area contributed by atoms with Gasteiger partial charge in [-0.15, -0.1) is 11.3 Å². The number of nitrogens with zero attached hydrogens (tertiary/aromatic N) is 1. The fraction of sp³-hybridized carbons (Fsp3) is 0.714. The van der Waals surface area contributed by atoms with Crippen molar-refractivity contribution < 1.29 is 0 Å². The van der Waals surface area contributed by atoms with Crippen LogP contribution in [0.5, 0.6) is 0 Å². The van der Waals surface area contributed by atoms with Crippen LogP contribution in [-0.4, -0.2) is 24.0 Å². The van der Waals surface area contributed by atoms with Crippen molar-refractivity contribution >= 4 is 11.3 Å². The Labute approximate surface area is 109 Å². The second-order valence-electron chi connectivity index (χ2n) is 6.24. The zero-order chi connectivity index (χ0) is 12.5. The van der Waals surface area contributed by atoms with Crippen LogP contribution >= 0.6 is 11.3 Å². The smallest absolute Gasteiger partial charge is 0.0248 e. The highest BCUT2D eigenvalue weighted by molar-refractivity contribution is 7.10. The Hall–Kier alpha value is -0.380. The molecule has 3 heteroatoms. The number of nitrogens with two attached hydrogens (primary N) is 1. The monoisotopic (exact) mass is 252 g/mol. The first kappa shape index (κ1) is 13.1. The highest BCUT2D eigenvalue weighted by Crippen LogP contribution is 2.29. The number of fused-ring (bicyclic) bond motifs is 1. The van der Waals surface area contributed by atoms with Crippen molar-refractivity contribution in [2.24, 2.45) is 11.1 Å². The molecule has 1 atom stereocenters. The Morgan fingerprint density at radius 3 is 2.88 bits per heavy atom. The van der Waals surface area contributed by atoms with Crippen LogP contribution in [0.3, 0.4) is 0 Å². The van der Waals surface area contributed by atoms with Gasteiger partial charge in [0.05, 0.1) is 0 Å². The normalized spacial score (nSPS) is 19.1. The fourth-order valence-electron chi connectivity index (χ4n) is 2.65. The molecule has 1 aromatic rings. The maximum atomic E-state index is 5.97. The molecule has 1 unspecified atom stereocenters. The molecular formula is C14H24N2S. The molecule has 1 aromatic heterocycles. The van der Waals surface area contributed by atoms with Crippen molar-refractivity contribution in [1.29, 1.82) is 0 Å². The number of rotatable bonds is 3. The summed E-state index contributed by atoms with van der Waals surface area (Å²) in [5.41, 5.74) is 7.85. The summed E-state index contributed by atoms with van der Waals surface area (Å²) in [5.74, 6) is 0. The molecule has 0 saturated carbocycles. The van der Waals surface area contributed by atoms with Gasteiger partial charge >= 0.3 is 0 Å². The summed E-state index contributed by atoms with van der Waals surface area (Å²) in [6, 6.07) is 2.81. The van der Waals surface area contributed by atoms with E-state index in [0.717, 1.165) is 13.1 Å². The van der Waals surface area contributed by atoms with Gasteiger partial charge in [-0.25, -0.2) is 0 Å². The molecule has 0 amide bonds. The minimum atomic E-state index is 0.360. The third kappa shape index (κ3) is 3.30. The lowest BCUT2D eigenvalue weighted by Crippen LogP contribution is -2.45. The van der Waals surface area contributed by atoms with E-state index in [1.807, 2.05) is 11.3 Å². The standard InChI is InChI=1S/C14H24N2S/c1-14(2,3)8-12(9-15)16-6-4-13-11(10-16)5-7-17-13/h5,7,12H,4,6,8-10,15H2,1-3H3. The second-order valence-corrected chi connectivity index (χ2v) is 7.24. The highest BCUT2D eigenvalue weighted by Gasteiger charge is 2.26. The Balaban J connectivity index is 2.03. The van der Waals surface area contributed by atoms with Crippen LogP contribution in [0.1, 0.15) is 37.6 Å². The van der Waals surface area contributed by atoms with Gasteiger partial charge < -0.3 is 5.73 Å².